The fraction of sp³-hybridized carbons (Fsp3) is 1.00. The van der Waals surface area contributed by atoms with Gasteiger partial charge in [-0.25, -0.2) is 0 Å². The molecule has 2 aliphatic carbocycles. The van der Waals surface area contributed by atoms with E-state index in [0.29, 0.717) is 12.1 Å². The summed E-state index contributed by atoms with van der Waals surface area (Å²) in [7, 11) is 0. The second-order valence-corrected chi connectivity index (χ2v) is 7.14. The van der Waals surface area contributed by atoms with Crippen LogP contribution in [0.2, 0.25) is 0 Å². The third-order valence-electron chi connectivity index (χ3n) is 5.55. The Morgan fingerprint density at radius 1 is 0.800 bits per heavy atom. The lowest BCUT2D eigenvalue weighted by Gasteiger charge is -2.37. The molecule has 0 heterocycles. The van der Waals surface area contributed by atoms with Crippen LogP contribution in [-0.4, -0.2) is 18.8 Å². The summed E-state index contributed by atoms with van der Waals surface area (Å²) >= 11 is 0. The van der Waals surface area contributed by atoms with Crippen LogP contribution < -0.4 is 5.73 Å². The molecule has 0 saturated heterocycles. The minimum atomic E-state index is 0.494. The molecule has 2 N–H and O–H groups in total. The van der Waals surface area contributed by atoms with Crippen LogP contribution in [0.5, 0.6) is 0 Å². The number of nitrogens with two attached hydrogens (primary N) is 1. The summed E-state index contributed by atoms with van der Waals surface area (Å²) in [5.41, 5.74) is 6.02. The predicted octanol–water partition coefficient (Wildman–Crippen LogP) is 4.66. The van der Waals surface area contributed by atoms with Crippen molar-refractivity contribution in [2.24, 2.45) is 17.6 Å². The largest absolute Gasteiger partial charge is 0.378 e. The lowest BCUT2D eigenvalue weighted by atomic mass is 9.72. The number of rotatable bonds is 7. The quantitative estimate of drug-likeness (QED) is 0.689. The summed E-state index contributed by atoms with van der Waals surface area (Å²) in [4.78, 5) is 0. The maximum absolute atomic E-state index is 6.06. The van der Waals surface area contributed by atoms with E-state index in [0.717, 1.165) is 18.4 Å². The van der Waals surface area contributed by atoms with Crippen molar-refractivity contribution in [3.63, 3.8) is 0 Å². The average molecular weight is 281 g/mol. The Hall–Kier alpha value is -0.0800. The van der Waals surface area contributed by atoms with Gasteiger partial charge in [0.15, 0.2) is 0 Å². The SMILES string of the molecule is CCCCCCOC1CCC(C2CCC(N)CC2)CC1. The van der Waals surface area contributed by atoms with E-state index in [1.54, 1.807) is 0 Å². The van der Waals surface area contributed by atoms with Gasteiger partial charge in [0.1, 0.15) is 0 Å². The van der Waals surface area contributed by atoms with E-state index >= 15 is 0 Å². The molecule has 0 amide bonds. The molecule has 0 aromatic heterocycles. The standard InChI is InChI=1S/C18H35NO/c1-2-3-4-5-14-20-18-12-8-16(9-13-18)15-6-10-17(19)11-7-15/h15-18H,2-14,19H2,1H3. The lowest BCUT2D eigenvalue weighted by molar-refractivity contribution is 0.00633. The van der Waals surface area contributed by atoms with Gasteiger partial charge in [-0.2, -0.15) is 0 Å². The van der Waals surface area contributed by atoms with E-state index in [2.05, 4.69) is 6.92 Å². The second kappa shape index (κ2) is 9.04. The molecule has 2 rings (SSSR count). The van der Waals surface area contributed by atoms with E-state index < -0.39 is 0 Å². The first-order valence-electron chi connectivity index (χ1n) is 9.16. The van der Waals surface area contributed by atoms with Crippen LogP contribution in [0.3, 0.4) is 0 Å². The van der Waals surface area contributed by atoms with Gasteiger partial charge in [0.25, 0.3) is 0 Å². The van der Waals surface area contributed by atoms with Crippen LogP contribution in [0, 0.1) is 11.8 Å². The Labute approximate surface area is 125 Å². The van der Waals surface area contributed by atoms with Gasteiger partial charge in [-0.05, 0) is 69.6 Å². The van der Waals surface area contributed by atoms with Gasteiger partial charge in [0.05, 0.1) is 6.10 Å². The minimum Gasteiger partial charge on any atom is -0.378 e. The van der Waals surface area contributed by atoms with Gasteiger partial charge in [0, 0.05) is 12.6 Å². The molecule has 0 aliphatic heterocycles. The molecule has 2 nitrogen and oxygen atoms in total. The summed E-state index contributed by atoms with van der Waals surface area (Å²) < 4.78 is 6.06. The van der Waals surface area contributed by atoms with Crippen molar-refractivity contribution in [1.29, 1.82) is 0 Å². The van der Waals surface area contributed by atoms with E-state index in [-0.39, 0.29) is 0 Å². The molecule has 2 heteroatoms. The van der Waals surface area contributed by atoms with Gasteiger partial charge in [0.2, 0.25) is 0 Å². The predicted molar refractivity (Wildman–Crippen MR) is 85.8 cm³/mol. The van der Waals surface area contributed by atoms with Crippen molar-refractivity contribution in [2.75, 3.05) is 6.61 Å². The molecule has 2 saturated carbocycles. The van der Waals surface area contributed by atoms with Gasteiger partial charge in [-0.1, -0.05) is 26.2 Å². The van der Waals surface area contributed by atoms with Crippen LogP contribution in [0.15, 0.2) is 0 Å². The Bertz CT molecular complexity index is 240. The van der Waals surface area contributed by atoms with Crippen molar-refractivity contribution in [3.05, 3.63) is 0 Å². The molecule has 20 heavy (non-hydrogen) atoms. The van der Waals surface area contributed by atoms with Crippen LogP contribution in [0.4, 0.5) is 0 Å². The maximum Gasteiger partial charge on any atom is 0.0575 e. The van der Waals surface area contributed by atoms with Gasteiger partial charge < -0.3 is 10.5 Å². The molecule has 2 aliphatic rings. The smallest absolute Gasteiger partial charge is 0.0575 e. The fourth-order valence-electron chi connectivity index (χ4n) is 4.12. The zero-order valence-corrected chi connectivity index (χ0v) is 13.5. The Morgan fingerprint density at radius 2 is 1.40 bits per heavy atom. The third kappa shape index (κ3) is 5.37. The third-order valence-corrected chi connectivity index (χ3v) is 5.55. The molecule has 0 aromatic carbocycles. The molecule has 0 unspecified atom stereocenters. The molecule has 2 fully saturated rings. The number of unbranched alkanes of at least 4 members (excludes halogenated alkanes) is 3. The number of ether oxygens (including phenoxy) is 1. The molecular formula is C18H35NO. The summed E-state index contributed by atoms with van der Waals surface area (Å²) in [6, 6.07) is 0.494. The monoisotopic (exact) mass is 281 g/mol. The zero-order chi connectivity index (χ0) is 14.2. The lowest BCUT2D eigenvalue weighted by Crippen LogP contribution is -2.32. The van der Waals surface area contributed by atoms with Crippen molar-refractivity contribution in [3.8, 4) is 0 Å². The van der Waals surface area contributed by atoms with E-state index in [1.165, 1.54) is 77.0 Å². The molecule has 0 radical (unpaired) electrons. The highest BCUT2D eigenvalue weighted by molar-refractivity contribution is 4.83. The van der Waals surface area contributed by atoms with Crippen molar-refractivity contribution in [2.45, 2.75) is 96.1 Å². The van der Waals surface area contributed by atoms with Gasteiger partial charge in [-0.3, -0.25) is 0 Å². The first-order chi connectivity index (χ1) is 9.79. The summed E-state index contributed by atoms with van der Waals surface area (Å²) in [5, 5.41) is 0. The summed E-state index contributed by atoms with van der Waals surface area (Å²) in [6.07, 6.45) is 16.6. The maximum atomic E-state index is 6.06. The van der Waals surface area contributed by atoms with Crippen molar-refractivity contribution in [1.82, 2.24) is 0 Å². The van der Waals surface area contributed by atoms with Crippen molar-refractivity contribution < 1.29 is 4.74 Å². The topological polar surface area (TPSA) is 35.2 Å². The Balaban J connectivity index is 1.55. The molecule has 0 bridgehead atoms. The summed E-state index contributed by atoms with van der Waals surface area (Å²) in [6.45, 7) is 3.26. The highest BCUT2D eigenvalue weighted by atomic mass is 16.5. The molecule has 0 aromatic rings. The first kappa shape index (κ1) is 16.3. The van der Waals surface area contributed by atoms with E-state index in [1.807, 2.05) is 0 Å². The average Bonchev–Trinajstić information content (AvgIpc) is 2.49. The van der Waals surface area contributed by atoms with Crippen LogP contribution in [-0.2, 0) is 4.74 Å². The van der Waals surface area contributed by atoms with Gasteiger partial charge >= 0.3 is 0 Å². The Morgan fingerprint density at radius 3 is 2.00 bits per heavy atom. The first-order valence-corrected chi connectivity index (χ1v) is 9.16. The molecular weight excluding hydrogens is 246 g/mol. The highest BCUT2D eigenvalue weighted by Crippen LogP contribution is 2.38. The van der Waals surface area contributed by atoms with Crippen LogP contribution in [0.1, 0.15) is 84.0 Å². The number of hydrogen-bond donors (Lipinski definition) is 1. The Kier molecular flexibility index (Phi) is 7.37. The normalized spacial score (nSPS) is 35.1. The molecule has 118 valence electrons. The fourth-order valence-corrected chi connectivity index (χ4v) is 4.12. The van der Waals surface area contributed by atoms with E-state index in [9.17, 15) is 0 Å². The number of hydrogen-bond acceptors (Lipinski definition) is 2. The molecule has 0 atom stereocenters. The molecule has 0 spiro atoms. The van der Waals surface area contributed by atoms with Crippen molar-refractivity contribution >= 4 is 0 Å². The van der Waals surface area contributed by atoms with Crippen LogP contribution >= 0.6 is 0 Å². The van der Waals surface area contributed by atoms with Gasteiger partial charge in [-0.15, -0.1) is 0 Å². The zero-order valence-electron chi connectivity index (χ0n) is 13.5. The summed E-state index contributed by atoms with van der Waals surface area (Å²) in [5.74, 6) is 1.95. The highest BCUT2D eigenvalue weighted by Gasteiger charge is 2.30. The minimum absolute atomic E-state index is 0.494. The second-order valence-electron chi connectivity index (χ2n) is 7.14. The van der Waals surface area contributed by atoms with E-state index in [4.69, 9.17) is 10.5 Å². The van der Waals surface area contributed by atoms with Crippen LogP contribution in [0.25, 0.3) is 0 Å².